The molecular weight excluding hydrogens is 245 g/mol. The molecular formula is C12H13F3N2O. The highest BCUT2D eigenvalue weighted by molar-refractivity contribution is 5.54. The van der Waals surface area contributed by atoms with Crippen LogP contribution in [0.25, 0.3) is 0 Å². The van der Waals surface area contributed by atoms with Crippen LogP contribution in [0.5, 0.6) is 0 Å². The number of ether oxygens (including phenoxy) is 1. The molecule has 0 aromatic heterocycles. The zero-order chi connectivity index (χ0) is 13.8. The van der Waals surface area contributed by atoms with Crippen LogP contribution < -0.4 is 5.32 Å². The van der Waals surface area contributed by atoms with Crippen LogP contribution in [0.15, 0.2) is 18.2 Å². The van der Waals surface area contributed by atoms with Gasteiger partial charge in [-0.2, -0.15) is 18.4 Å². The second-order valence-corrected chi connectivity index (χ2v) is 3.87. The Balaban J connectivity index is 2.97. The van der Waals surface area contributed by atoms with Crippen molar-refractivity contribution in [3.05, 3.63) is 29.3 Å². The predicted octanol–water partition coefficient (Wildman–Crippen LogP) is 3.02. The highest BCUT2D eigenvalue weighted by Crippen LogP contribution is 2.33. The first kappa shape index (κ1) is 14.3. The van der Waals surface area contributed by atoms with E-state index in [1.165, 1.54) is 19.2 Å². The number of nitriles is 1. The number of rotatable bonds is 4. The van der Waals surface area contributed by atoms with Gasteiger partial charge in [-0.15, -0.1) is 0 Å². The molecule has 1 unspecified atom stereocenters. The molecule has 0 spiro atoms. The van der Waals surface area contributed by atoms with E-state index in [0.29, 0.717) is 12.3 Å². The number of methoxy groups -OCH3 is 1. The molecule has 0 fully saturated rings. The van der Waals surface area contributed by atoms with Gasteiger partial charge < -0.3 is 10.1 Å². The fourth-order valence-corrected chi connectivity index (χ4v) is 1.55. The van der Waals surface area contributed by atoms with Crippen molar-refractivity contribution in [1.29, 1.82) is 5.26 Å². The van der Waals surface area contributed by atoms with Crippen LogP contribution in [0.3, 0.4) is 0 Å². The van der Waals surface area contributed by atoms with E-state index in [-0.39, 0.29) is 6.04 Å². The fourth-order valence-electron chi connectivity index (χ4n) is 1.55. The largest absolute Gasteiger partial charge is 0.417 e. The molecule has 3 nitrogen and oxygen atoms in total. The molecule has 0 bridgehead atoms. The molecule has 18 heavy (non-hydrogen) atoms. The van der Waals surface area contributed by atoms with Gasteiger partial charge in [0.2, 0.25) is 0 Å². The van der Waals surface area contributed by atoms with E-state index in [1.807, 2.05) is 6.92 Å². The zero-order valence-electron chi connectivity index (χ0n) is 10.0. The lowest BCUT2D eigenvalue weighted by molar-refractivity contribution is -0.137. The average Bonchev–Trinajstić information content (AvgIpc) is 2.27. The molecule has 0 heterocycles. The maximum Gasteiger partial charge on any atom is 0.417 e. The summed E-state index contributed by atoms with van der Waals surface area (Å²) in [7, 11) is 1.53. The molecule has 0 aliphatic rings. The first-order valence-corrected chi connectivity index (χ1v) is 5.25. The third-order valence-electron chi connectivity index (χ3n) is 2.28. The lowest BCUT2D eigenvalue weighted by Crippen LogP contribution is -2.21. The van der Waals surface area contributed by atoms with E-state index >= 15 is 0 Å². The number of halogens is 3. The van der Waals surface area contributed by atoms with Gasteiger partial charge in [0.25, 0.3) is 0 Å². The summed E-state index contributed by atoms with van der Waals surface area (Å²) in [5.41, 5.74) is -0.851. The van der Waals surface area contributed by atoms with Crippen molar-refractivity contribution in [2.45, 2.75) is 19.1 Å². The molecule has 1 rings (SSSR count). The fraction of sp³-hybridized carbons (Fsp3) is 0.417. The first-order chi connectivity index (χ1) is 8.38. The summed E-state index contributed by atoms with van der Waals surface area (Å²) in [5.74, 6) is 0. The number of anilines is 1. The van der Waals surface area contributed by atoms with Gasteiger partial charge in [0.15, 0.2) is 0 Å². The lowest BCUT2D eigenvalue weighted by atomic mass is 10.1. The number of hydrogen-bond acceptors (Lipinski definition) is 3. The second kappa shape index (κ2) is 5.74. The Bertz CT molecular complexity index is 452. The molecule has 0 saturated carbocycles. The Kier molecular flexibility index (Phi) is 4.56. The summed E-state index contributed by atoms with van der Waals surface area (Å²) >= 11 is 0. The van der Waals surface area contributed by atoms with Gasteiger partial charge in [0, 0.05) is 18.8 Å². The number of benzene rings is 1. The second-order valence-electron chi connectivity index (χ2n) is 3.87. The number of hydrogen-bond donors (Lipinski definition) is 1. The van der Waals surface area contributed by atoms with E-state index < -0.39 is 17.3 Å². The zero-order valence-corrected chi connectivity index (χ0v) is 10.0. The van der Waals surface area contributed by atoms with Crippen molar-refractivity contribution in [3.63, 3.8) is 0 Å². The van der Waals surface area contributed by atoms with Crippen molar-refractivity contribution in [3.8, 4) is 6.07 Å². The lowest BCUT2D eigenvalue weighted by Gasteiger charge is -2.16. The van der Waals surface area contributed by atoms with Gasteiger partial charge in [-0.25, -0.2) is 0 Å². The Labute approximate surface area is 103 Å². The summed E-state index contributed by atoms with van der Waals surface area (Å²) in [6, 6.07) is 4.89. The summed E-state index contributed by atoms with van der Waals surface area (Å²) in [4.78, 5) is 0. The molecule has 1 aromatic carbocycles. The van der Waals surface area contributed by atoms with E-state index in [9.17, 15) is 13.2 Å². The third-order valence-corrected chi connectivity index (χ3v) is 2.28. The quantitative estimate of drug-likeness (QED) is 0.902. The highest BCUT2D eigenvalue weighted by atomic mass is 19.4. The summed E-state index contributed by atoms with van der Waals surface area (Å²) in [6.07, 6.45) is -4.51. The number of nitrogens with zero attached hydrogens (tertiary/aromatic N) is 1. The van der Waals surface area contributed by atoms with Crippen molar-refractivity contribution in [1.82, 2.24) is 0 Å². The Morgan fingerprint density at radius 2 is 2.11 bits per heavy atom. The monoisotopic (exact) mass is 258 g/mol. The summed E-state index contributed by atoms with van der Waals surface area (Å²) < 4.78 is 42.6. The minimum atomic E-state index is -4.51. The van der Waals surface area contributed by atoms with Crippen LogP contribution in [0, 0.1) is 11.3 Å². The van der Waals surface area contributed by atoms with E-state index in [1.54, 1.807) is 6.07 Å². The van der Waals surface area contributed by atoms with Crippen LogP contribution in [0.4, 0.5) is 18.9 Å². The van der Waals surface area contributed by atoms with Crippen LogP contribution in [0.2, 0.25) is 0 Å². The van der Waals surface area contributed by atoms with Crippen LogP contribution in [0.1, 0.15) is 18.1 Å². The normalized spacial score (nSPS) is 12.9. The molecule has 98 valence electrons. The minimum absolute atomic E-state index is 0.0571. The van der Waals surface area contributed by atoms with Crippen molar-refractivity contribution < 1.29 is 17.9 Å². The van der Waals surface area contributed by atoms with Crippen LogP contribution in [-0.2, 0) is 10.9 Å². The summed E-state index contributed by atoms with van der Waals surface area (Å²) in [5, 5.41) is 11.7. The molecule has 0 aliphatic heterocycles. The molecule has 0 aliphatic carbocycles. The SMILES string of the molecule is COCC(C)Nc1ccc(C(F)(F)F)c(C#N)c1. The Morgan fingerprint density at radius 1 is 1.44 bits per heavy atom. The van der Waals surface area contributed by atoms with Crippen molar-refractivity contribution in [2.75, 3.05) is 19.0 Å². The first-order valence-electron chi connectivity index (χ1n) is 5.25. The van der Waals surface area contributed by atoms with Gasteiger partial charge in [-0.1, -0.05) is 0 Å². The molecule has 0 saturated heterocycles. The average molecular weight is 258 g/mol. The third kappa shape index (κ3) is 3.64. The topological polar surface area (TPSA) is 45.0 Å². The minimum Gasteiger partial charge on any atom is -0.383 e. The van der Waals surface area contributed by atoms with Gasteiger partial charge in [0.1, 0.15) is 0 Å². The number of nitrogens with one attached hydrogen (secondary N) is 1. The molecule has 0 amide bonds. The smallest absolute Gasteiger partial charge is 0.383 e. The number of alkyl halides is 3. The van der Waals surface area contributed by atoms with Gasteiger partial charge >= 0.3 is 6.18 Å². The molecule has 0 radical (unpaired) electrons. The van der Waals surface area contributed by atoms with Crippen LogP contribution in [-0.4, -0.2) is 19.8 Å². The van der Waals surface area contributed by atoms with Gasteiger partial charge in [-0.3, -0.25) is 0 Å². The Hall–Kier alpha value is -1.74. The summed E-state index contributed by atoms with van der Waals surface area (Å²) in [6.45, 7) is 2.25. The van der Waals surface area contributed by atoms with Crippen molar-refractivity contribution >= 4 is 5.69 Å². The van der Waals surface area contributed by atoms with E-state index in [2.05, 4.69) is 5.32 Å². The van der Waals surface area contributed by atoms with E-state index in [4.69, 9.17) is 10.00 Å². The predicted molar refractivity (Wildman–Crippen MR) is 61.1 cm³/mol. The molecule has 6 heteroatoms. The van der Waals surface area contributed by atoms with Gasteiger partial charge in [0.05, 0.1) is 23.8 Å². The van der Waals surface area contributed by atoms with E-state index in [0.717, 1.165) is 6.07 Å². The molecule has 1 N–H and O–H groups in total. The van der Waals surface area contributed by atoms with Crippen molar-refractivity contribution in [2.24, 2.45) is 0 Å². The van der Waals surface area contributed by atoms with Gasteiger partial charge in [-0.05, 0) is 25.1 Å². The standard InChI is InChI=1S/C12H13F3N2O/c1-8(7-18-2)17-10-3-4-11(12(13,14)15)9(5-10)6-16/h3-5,8,17H,7H2,1-2H3. The maximum absolute atomic E-state index is 12.6. The maximum atomic E-state index is 12.6. The van der Waals surface area contributed by atoms with Crippen LogP contribution >= 0.6 is 0 Å². The highest BCUT2D eigenvalue weighted by Gasteiger charge is 2.33. The molecule has 1 atom stereocenters. The Morgan fingerprint density at radius 3 is 2.61 bits per heavy atom. The molecule has 1 aromatic rings.